The van der Waals surface area contributed by atoms with Crippen LogP contribution in [0.5, 0.6) is 5.75 Å². The molecule has 3 aromatic rings. The highest BCUT2D eigenvalue weighted by molar-refractivity contribution is 5.41. The second kappa shape index (κ2) is 8.40. The minimum absolute atomic E-state index is 0.0535. The lowest BCUT2D eigenvalue weighted by atomic mass is 10.1. The summed E-state index contributed by atoms with van der Waals surface area (Å²) in [6, 6.07) is 19.1. The molecule has 3 aromatic carbocycles. The molecule has 26 heavy (non-hydrogen) atoms. The summed E-state index contributed by atoms with van der Waals surface area (Å²) in [6.45, 7) is 0.659. The van der Waals surface area contributed by atoms with Crippen molar-refractivity contribution in [3.05, 3.63) is 95.3 Å². The Labute approximate surface area is 149 Å². The van der Waals surface area contributed by atoms with E-state index in [0.717, 1.165) is 28.9 Å². The Morgan fingerprint density at radius 1 is 0.731 bits per heavy atom. The molecule has 0 amide bonds. The topological polar surface area (TPSA) is 33.3 Å². The molecule has 0 bridgehead atoms. The molecule has 0 atom stereocenters. The molecule has 2 N–H and O–H groups in total. The van der Waals surface area contributed by atoms with Crippen LogP contribution in [0, 0.1) is 17.5 Å². The molecular formula is C20H17F3N2O. The molecule has 0 spiro atoms. The van der Waals surface area contributed by atoms with Crippen molar-refractivity contribution in [3.8, 4) is 5.75 Å². The monoisotopic (exact) mass is 358 g/mol. The van der Waals surface area contributed by atoms with E-state index in [1.54, 1.807) is 0 Å². The Morgan fingerprint density at radius 2 is 1.42 bits per heavy atom. The van der Waals surface area contributed by atoms with Gasteiger partial charge in [0.2, 0.25) is 5.82 Å². The summed E-state index contributed by atoms with van der Waals surface area (Å²) >= 11 is 0. The Kier molecular flexibility index (Phi) is 5.76. The van der Waals surface area contributed by atoms with Crippen LogP contribution in [0.1, 0.15) is 11.1 Å². The molecule has 0 heterocycles. The maximum absolute atomic E-state index is 13.6. The molecule has 0 aliphatic carbocycles. The molecule has 0 radical (unpaired) electrons. The molecule has 3 nitrogen and oxygen atoms in total. The fourth-order valence-corrected chi connectivity index (χ4v) is 2.30. The second-order valence-electron chi connectivity index (χ2n) is 5.62. The summed E-state index contributed by atoms with van der Waals surface area (Å²) in [5.74, 6) is -4.41. The van der Waals surface area contributed by atoms with Gasteiger partial charge >= 0.3 is 0 Å². The molecule has 0 saturated carbocycles. The third-order valence-corrected chi connectivity index (χ3v) is 3.72. The third-order valence-electron chi connectivity index (χ3n) is 3.72. The lowest BCUT2D eigenvalue weighted by Crippen LogP contribution is -2.20. The predicted octanol–water partition coefficient (Wildman–Crippen LogP) is 4.80. The van der Waals surface area contributed by atoms with E-state index in [4.69, 9.17) is 4.74 Å². The zero-order chi connectivity index (χ0) is 18.4. The molecule has 0 unspecified atom stereocenters. The van der Waals surface area contributed by atoms with E-state index in [9.17, 15) is 13.2 Å². The molecule has 0 saturated heterocycles. The maximum Gasteiger partial charge on any atom is 0.203 e. The first kappa shape index (κ1) is 17.8. The number of halogens is 3. The normalized spacial score (nSPS) is 10.6. The Morgan fingerprint density at radius 3 is 2.15 bits per heavy atom. The van der Waals surface area contributed by atoms with Gasteiger partial charge in [0.15, 0.2) is 17.4 Å². The van der Waals surface area contributed by atoms with Crippen LogP contribution in [-0.4, -0.2) is 0 Å². The van der Waals surface area contributed by atoms with Crippen LogP contribution in [0.3, 0.4) is 0 Å². The first-order chi connectivity index (χ1) is 12.6. The van der Waals surface area contributed by atoms with Gasteiger partial charge in [-0.25, -0.2) is 14.2 Å². The number of para-hydroxylation sites is 1. The largest absolute Gasteiger partial charge is 0.486 e. The number of nitrogens with one attached hydrogen (secondary N) is 2. The van der Waals surface area contributed by atoms with Gasteiger partial charge in [-0.15, -0.1) is 0 Å². The number of ether oxygens (including phenoxy) is 1. The first-order valence-electron chi connectivity index (χ1n) is 8.01. The van der Waals surface area contributed by atoms with Crippen molar-refractivity contribution in [1.82, 2.24) is 5.43 Å². The smallest absolute Gasteiger partial charge is 0.203 e. The Balaban J connectivity index is 1.51. The molecule has 0 aromatic heterocycles. The number of benzene rings is 3. The summed E-state index contributed by atoms with van der Waals surface area (Å²) in [6.07, 6.45) is 0. The summed E-state index contributed by atoms with van der Waals surface area (Å²) in [5, 5.41) is 0. The van der Waals surface area contributed by atoms with Gasteiger partial charge in [-0.05, 0) is 35.4 Å². The Bertz CT molecular complexity index is 855. The van der Waals surface area contributed by atoms with Gasteiger partial charge in [0.25, 0.3) is 0 Å². The number of rotatable bonds is 7. The van der Waals surface area contributed by atoms with Gasteiger partial charge in [-0.3, -0.25) is 0 Å². The second-order valence-corrected chi connectivity index (χ2v) is 5.62. The van der Waals surface area contributed by atoms with Crippen LogP contribution in [-0.2, 0) is 13.2 Å². The molecule has 6 heteroatoms. The van der Waals surface area contributed by atoms with Gasteiger partial charge in [-0.2, -0.15) is 4.39 Å². The van der Waals surface area contributed by atoms with Crippen molar-refractivity contribution in [2.24, 2.45) is 0 Å². The van der Waals surface area contributed by atoms with Crippen molar-refractivity contribution in [1.29, 1.82) is 0 Å². The number of hydrogen-bond donors (Lipinski definition) is 2. The van der Waals surface area contributed by atoms with E-state index < -0.39 is 17.5 Å². The van der Waals surface area contributed by atoms with Crippen molar-refractivity contribution < 1.29 is 17.9 Å². The van der Waals surface area contributed by atoms with Gasteiger partial charge in [0.1, 0.15) is 6.61 Å². The molecule has 0 fully saturated rings. The number of hydrazine groups is 1. The van der Waals surface area contributed by atoms with Crippen LogP contribution in [0.25, 0.3) is 0 Å². The fourth-order valence-electron chi connectivity index (χ4n) is 2.30. The van der Waals surface area contributed by atoms with E-state index >= 15 is 0 Å². The van der Waals surface area contributed by atoms with E-state index in [1.807, 2.05) is 54.6 Å². The van der Waals surface area contributed by atoms with Gasteiger partial charge in [0.05, 0.1) is 0 Å². The number of anilines is 1. The van der Waals surface area contributed by atoms with Gasteiger partial charge in [-0.1, -0.05) is 42.5 Å². The zero-order valence-electron chi connectivity index (χ0n) is 13.8. The standard InChI is InChI=1S/C20H17F3N2O/c21-17-10-11-18(20(23)19(17)22)26-13-15-8-6-14(7-9-15)12-24-25-16-4-2-1-3-5-16/h1-11,24-25H,12-13H2. The van der Waals surface area contributed by atoms with Crippen LogP contribution in [0.15, 0.2) is 66.7 Å². The minimum Gasteiger partial charge on any atom is -0.486 e. The minimum atomic E-state index is -1.53. The van der Waals surface area contributed by atoms with Gasteiger partial charge < -0.3 is 10.2 Å². The van der Waals surface area contributed by atoms with Crippen molar-refractivity contribution in [2.45, 2.75) is 13.2 Å². The van der Waals surface area contributed by atoms with E-state index in [-0.39, 0.29) is 12.4 Å². The van der Waals surface area contributed by atoms with E-state index in [1.165, 1.54) is 0 Å². The van der Waals surface area contributed by atoms with Crippen molar-refractivity contribution >= 4 is 5.69 Å². The highest BCUT2D eigenvalue weighted by atomic mass is 19.2. The molecule has 134 valence electrons. The SMILES string of the molecule is Fc1ccc(OCc2ccc(CNNc3ccccc3)cc2)c(F)c1F. The van der Waals surface area contributed by atoms with Crippen LogP contribution < -0.4 is 15.6 Å². The summed E-state index contributed by atoms with van der Waals surface area (Å²) in [4.78, 5) is 0. The average molecular weight is 358 g/mol. The van der Waals surface area contributed by atoms with Crippen LogP contribution in [0.2, 0.25) is 0 Å². The lowest BCUT2D eigenvalue weighted by Gasteiger charge is -2.10. The van der Waals surface area contributed by atoms with E-state index in [2.05, 4.69) is 10.9 Å². The average Bonchev–Trinajstić information content (AvgIpc) is 2.67. The summed E-state index contributed by atoms with van der Waals surface area (Å²) < 4.78 is 44.8. The zero-order valence-corrected chi connectivity index (χ0v) is 13.8. The molecule has 3 rings (SSSR count). The summed E-state index contributed by atoms with van der Waals surface area (Å²) in [5.41, 5.74) is 8.98. The van der Waals surface area contributed by atoms with Crippen molar-refractivity contribution in [2.75, 3.05) is 5.43 Å². The molecular weight excluding hydrogens is 341 g/mol. The Hall–Kier alpha value is -2.99. The fraction of sp³-hybridized carbons (Fsp3) is 0.100. The number of hydrogen-bond acceptors (Lipinski definition) is 3. The molecule has 0 aliphatic heterocycles. The summed E-state index contributed by atoms with van der Waals surface area (Å²) in [7, 11) is 0. The quantitative estimate of drug-likeness (QED) is 0.470. The highest BCUT2D eigenvalue weighted by Crippen LogP contribution is 2.22. The van der Waals surface area contributed by atoms with Gasteiger partial charge in [0, 0.05) is 12.2 Å². The third kappa shape index (κ3) is 4.55. The lowest BCUT2D eigenvalue weighted by molar-refractivity contribution is 0.281. The maximum atomic E-state index is 13.6. The first-order valence-corrected chi connectivity index (χ1v) is 8.01. The predicted molar refractivity (Wildman–Crippen MR) is 94.0 cm³/mol. The van der Waals surface area contributed by atoms with E-state index in [0.29, 0.717) is 6.54 Å². The highest BCUT2D eigenvalue weighted by Gasteiger charge is 2.14. The van der Waals surface area contributed by atoms with Crippen molar-refractivity contribution in [3.63, 3.8) is 0 Å². The van der Waals surface area contributed by atoms with Crippen LogP contribution in [0.4, 0.5) is 18.9 Å². The molecule has 0 aliphatic rings. The van der Waals surface area contributed by atoms with Crippen LogP contribution >= 0.6 is 0 Å².